The number of carbonyl (C=O) groups excluding carboxylic acids is 1. The van der Waals surface area contributed by atoms with Crippen LogP contribution in [0.1, 0.15) is 30.1 Å². The first-order valence-corrected chi connectivity index (χ1v) is 7.46. The fourth-order valence-electron chi connectivity index (χ4n) is 1.53. The van der Waals surface area contributed by atoms with Gasteiger partial charge in [-0.2, -0.15) is 0 Å². The minimum Gasteiger partial charge on any atom is -0.494 e. The van der Waals surface area contributed by atoms with Crippen LogP contribution in [-0.4, -0.2) is 38.2 Å². The lowest BCUT2D eigenvalue weighted by Gasteiger charge is -2.07. The van der Waals surface area contributed by atoms with E-state index in [0.29, 0.717) is 37.8 Å². The van der Waals surface area contributed by atoms with E-state index in [1.54, 1.807) is 12.1 Å². The van der Waals surface area contributed by atoms with Crippen LogP contribution in [0.2, 0.25) is 0 Å². The fraction of sp³-hybridized carbons (Fsp3) is 0.533. The molecule has 0 unspecified atom stereocenters. The second-order valence-corrected chi connectivity index (χ2v) is 4.66. The molecule has 0 aromatic heterocycles. The number of unbranched alkanes of at least 4 members (excludes halogenated alkanes) is 1. The summed E-state index contributed by atoms with van der Waals surface area (Å²) >= 11 is 5.47. The van der Waals surface area contributed by atoms with Gasteiger partial charge in [0.15, 0.2) is 0 Å². The Morgan fingerprint density at radius 2 is 1.95 bits per heavy atom. The maximum atomic E-state index is 11.8. The van der Waals surface area contributed by atoms with Crippen LogP contribution in [0, 0.1) is 0 Å². The van der Waals surface area contributed by atoms with Crippen molar-refractivity contribution in [2.75, 3.05) is 32.2 Å². The zero-order chi connectivity index (χ0) is 14.6. The van der Waals surface area contributed by atoms with Gasteiger partial charge in [0.05, 0.1) is 19.8 Å². The van der Waals surface area contributed by atoms with E-state index in [4.69, 9.17) is 21.1 Å². The summed E-state index contributed by atoms with van der Waals surface area (Å²) in [4.78, 5) is 11.8. The van der Waals surface area contributed by atoms with Crippen LogP contribution in [-0.2, 0) is 4.74 Å². The predicted octanol–water partition coefficient (Wildman–Crippen LogP) is 2.85. The Hall–Kier alpha value is -1.26. The predicted molar refractivity (Wildman–Crippen MR) is 80.7 cm³/mol. The molecule has 5 heteroatoms. The molecular formula is C15H22ClNO3. The number of rotatable bonds is 10. The van der Waals surface area contributed by atoms with Crippen LogP contribution < -0.4 is 10.1 Å². The molecule has 112 valence electrons. The monoisotopic (exact) mass is 299 g/mol. The van der Waals surface area contributed by atoms with Crippen LogP contribution >= 0.6 is 11.6 Å². The molecular weight excluding hydrogens is 278 g/mol. The van der Waals surface area contributed by atoms with Gasteiger partial charge >= 0.3 is 0 Å². The SMILES string of the molecule is CCCCOc1ccc(C(=O)NCCOCCCl)cc1. The molecule has 0 bridgehead atoms. The number of ether oxygens (including phenoxy) is 2. The van der Waals surface area contributed by atoms with Gasteiger partial charge in [-0.1, -0.05) is 13.3 Å². The highest BCUT2D eigenvalue weighted by molar-refractivity contribution is 6.17. The Morgan fingerprint density at radius 3 is 2.60 bits per heavy atom. The van der Waals surface area contributed by atoms with Crippen molar-refractivity contribution in [3.8, 4) is 5.75 Å². The molecule has 1 N–H and O–H groups in total. The first-order valence-electron chi connectivity index (χ1n) is 6.92. The summed E-state index contributed by atoms with van der Waals surface area (Å²) in [5.74, 6) is 1.15. The molecule has 1 aromatic rings. The quantitative estimate of drug-likeness (QED) is 0.534. The molecule has 0 spiro atoms. The van der Waals surface area contributed by atoms with Crippen molar-refractivity contribution in [2.24, 2.45) is 0 Å². The standard InChI is InChI=1S/C15H22ClNO3/c1-2-3-10-20-14-6-4-13(5-7-14)15(18)17-9-12-19-11-8-16/h4-7H,2-3,8-12H2,1H3,(H,17,18). The number of amides is 1. The molecule has 0 heterocycles. The summed E-state index contributed by atoms with van der Waals surface area (Å²) in [6.07, 6.45) is 2.14. The van der Waals surface area contributed by atoms with Gasteiger partial charge in [-0.15, -0.1) is 11.6 Å². The Kier molecular flexibility index (Phi) is 8.83. The maximum absolute atomic E-state index is 11.8. The van der Waals surface area contributed by atoms with Gasteiger partial charge in [0.25, 0.3) is 5.91 Å². The molecule has 0 saturated carbocycles. The molecule has 0 aliphatic carbocycles. The van der Waals surface area contributed by atoms with E-state index in [0.717, 1.165) is 18.6 Å². The number of hydrogen-bond acceptors (Lipinski definition) is 3. The summed E-state index contributed by atoms with van der Waals surface area (Å²) in [5, 5.41) is 2.78. The summed E-state index contributed by atoms with van der Waals surface area (Å²) in [7, 11) is 0. The van der Waals surface area contributed by atoms with Crippen molar-refractivity contribution in [3.63, 3.8) is 0 Å². The molecule has 0 aliphatic rings. The minimum atomic E-state index is -0.111. The van der Waals surface area contributed by atoms with Crippen molar-refractivity contribution in [1.82, 2.24) is 5.32 Å². The molecule has 0 radical (unpaired) electrons. The van der Waals surface area contributed by atoms with E-state index in [1.165, 1.54) is 0 Å². The Labute approximate surface area is 125 Å². The highest BCUT2D eigenvalue weighted by Gasteiger charge is 2.04. The molecule has 1 rings (SSSR count). The number of benzene rings is 1. The molecule has 4 nitrogen and oxygen atoms in total. The van der Waals surface area contributed by atoms with Gasteiger partial charge in [0, 0.05) is 18.0 Å². The fourth-order valence-corrected chi connectivity index (χ4v) is 1.64. The van der Waals surface area contributed by atoms with Crippen molar-refractivity contribution < 1.29 is 14.3 Å². The van der Waals surface area contributed by atoms with Crippen LogP contribution in [0.4, 0.5) is 0 Å². The maximum Gasteiger partial charge on any atom is 0.251 e. The number of halogens is 1. The van der Waals surface area contributed by atoms with Gasteiger partial charge < -0.3 is 14.8 Å². The normalized spacial score (nSPS) is 10.3. The molecule has 0 saturated heterocycles. The number of hydrogen-bond donors (Lipinski definition) is 1. The molecule has 1 amide bonds. The highest BCUT2D eigenvalue weighted by Crippen LogP contribution is 2.12. The largest absolute Gasteiger partial charge is 0.494 e. The summed E-state index contributed by atoms with van der Waals surface area (Å²) in [6.45, 7) is 4.27. The lowest BCUT2D eigenvalue weighted by molar-refractivity contribution is 0.0923. The summed E-state index contributed by atoms with van der Waals surface area (Å²) in [6, 6.07) is 7.15. The van der Waals surface area contributed by atoms with E-state index in [2.05, 4.69) is 12.2 Å². The molecule has 1 aromatic carbocycles. The Bertz CT molecular complexity index is 381. The van der Waals surface area contributed by atoms with E-state index >= 15 is 0 Å². The van der Waals surface area contributed by atoms with E-state index < -0.39 is 0 Å². The molecule has 0 atom stereocenters. The second-order valence-electron chi connectivity index (χ2n) is 4.28. The van der Waals surface area contributed by atoms with Crippen molar-refractivity contribution >= 4 is 17.5 Å². The van der Waals surface area contributed by atoms with Gasteiger partial charge in [-0.3, -0.25) is 4.79 Å². The van der Waals surface area contributed by atoms with Gasteiger partial charge in [-0.25, -0.2) is 0 Å². The van der Waals surface area contributed by atoms with Crippen molar-refractivity contribution in [1.29, 1.82) is 0 Å². The zero-order valence-electron chi connectivity index (χ0n) is 11.9. The average Bonchev–Trinajstić information content (AvgIpc) is 2.48. The molecule has 20 heavy (non-hydrogen) atoms. The lowest BCUT2D eigenvalue weighted by atomic mass is 10.2. The molecule has 0 fully saturated rings. The third kappa shape index (κ3) is 6.78. The van der Waals surface area contributed by atoms with E-state index in [9.17, 15) is 4.79 Å². The van der Waals surface area contributed by atoms with Gasteiger partial charge in [0.2, 0.25) is 0 Å². The smallest absolute Gasteiger partial charge is 0.251 e. The summed E-state index contributed by atoms with van der Waals surface area (Å²) < 4.78 is 10.7. The topological polar surface area (TPSA) is 47.6 Å². The van der Waals surface area contributed by atoms with Crippen LogP contribution in [0.3, 0.4) is 0 Å². The van der Waals surface area contributed by atoms with Crippen LogP contribution in [0.5, 0.6) is 5.75 Å². The van der Waals surface area contributed by atoms with Crippen molar-refractivity contribution in [2.45, 2.75) is 19.8 Å². The van der Waals surface area contributed by atoms with E-state index in [-0.39, 0.29) is 5.91 Å². The third-order valence-electron chi connectivity index (χ3n) is 2.64. The highest BCUT2D eigenvalue weighted by atomic mass is 35.5. The first kappa shape index (κ1) is 16.8. The first-order chi connectivity index (χ1) is 9.77. The number of nitrogens with one attached hydrogen (secondary N) is 1. The van der Waals surface area contributed by atoms with E-state index in [1.807, 2.05) is 12.1 Å². The van der Waals surface area contributed by atoms with Gasteiger partial charge in [-0.05, 0) is 30.7 Å². The van der Waals surface area contributed by atoms with Crippen LogP contribution in [0.15, 0.2) is 24.3 Å². The van der Waals surface area contributed by atoms with Crippen LogP contribution in [0.25, 0.3) is 0 Å². The Balaban J connectivity index is 2.30. The average molecular weight is 300 g/mol. The summed E-state index contributed by atoms with van der Waals surface area (Å²) in [5.41, 5.74) is 0.616. The number of carbonyl (C=O) groups is 1. The number of alkyl halides is 1. The van der Waals surface area contributed by atoms with Gasteiger partial charge in [0.1, 0.15) is 5.75 Å². The second kappa shape index (κ2) is 10.5. The lowest BCUT2D eigenvalue weighted by Crippen LogP contribution is -2.27. The molecule has 0 aliphatic heterocycles. The third-order valence-corrected chi connectivity index (χ3v) is 2.79. The minimum absolute atomic E-state index is 0.111. The Morgan fingerprint density at radius 1 is 1.20 bits per heavy atom. The van der Waals surface area contributed by atoms with Crippen molar-refractivity contribution in [3.05, 3.63) is 29.8 Å². The zero-order valence-corrected chi connectivity index (χ0v) is 12.6.